The van der Waals surface area contributed by atoms with Gasteiger partial charge in [0.15, 0.2) is 0 Å². The first kappa shape index (κ1) is 10.1. The van der Waals surface area contributed by atoms with E-state index in [2.05, 4.69) is 0 Å². The molecule has 4 heteroatoms. The molecule has 0 heterocycles. The molecule has 0 radical (unpaired) electrons. The second-order valence-corrected chi connectivity index (χ2v) is 2.69. The third-order valence-electron chi connectivity index (χ3n) is 1.70. The predicted molar refractivity (Wildman–Crippen MR) is 45.7 cm³/mol. The zero-order valence-electron chi connectivity index (χ0n) is 7.38. The largest absolute Gasteiger partial charge is 0.380 e. The average Bonchev–Trinajstić information content (AvgIpc) is 2.10. The number of hydroxylamine groups is 1. The van der Waals surface area contributed by atoms with Crippen molar-refractivity contribution in [3.8, 4) is 0 Å². The highest BCUT2D eigenvalue weighted by molar-refractivity contribution is 5.23. The van der Waals surface area contributed by atoms with E-state index in [-0.39, 0.29) is 19.0 Å². The molecular weight excluding hydrogens is 173 g/mol. The first-order valence-corrected chi connectivity index (χ1v) is 3.91. The van der Waals surface area contributed by atoms with Gasteiger partial charge >= 0.3 is 0 Å². The Labute approximate surface area is 76.1 Å². The van der Waals surface area contributed by atoms with Crippen molar-refractivity contribution in [3.63, 3.8) is 0 Å². The van der Waals surface area contributed by atoms with Crippen LogP contribution in [-0.4, -0.2) is 12.3 Å². The van der Waals surface area contributed by atoms with Gasteiger partial charge in [-0.2, -0.15) is 0 Å². The lowest BCUT2D eigenvalue weighted by atomic mass is 10.1. The fourth-order valence-electron chi connectivity index (χ4n) is 1.06. The van der Waals surface area contributed by atoms with E-state index in [0.29, 0.717) is 11.1 Å². The molecule has 3 nitrogen and oxygen atoms in total. The highest BCUT2D eigenvalue weighted by Crippen LogP contribution is 2.11. The lowest BCUT2D eigenvalue weighted by molar-refractivity contribution is 0.161. The molecule has 0 spiro atoms. The van der Waals surface area contributed by atoms with Gasteiger partial charge in [-0.25, -0.2) is 9.87 Å². The number of halogens is 1. The molecule has 0 fully saturated rings. The number of hydrogen-bond donors (Lipinski definition) is 2. The number of rotatable bonds is 4. The van der Waals surface area contributed by atoms with Crippen LogP contribution in [0.15, 0.2) is 18.2 Å². The second-order valence-electron chi connectivity index (χ2n) is 2.69. The van der Waals surface area contributed by atoms with E-state index in [1.807, 2.05) is 5.48 Å². The van der Waals surface area contributed by atoms with Gasteiger partial charge in [-0.3, -0.25) is 0 Å². The SMILES string of the molecule is COCc1ccc(CNO)cc1F. The smallest absolute Gasteiger partial charge is 0.129 e. The molecule has 0 atom stereocenters. The summed E-state index contributed by atoms with van der Waals surface area (Å²) in [6.07, 6.45) is 0. The first-order chi connectivity index (χ1) is 6.27. The van der Waals surface area contributed by atoms with Crippen LogP contribution < -0.4 is 5.48 Å². The molecule has 0 aliphatic carbocycles. The summed E-state index contributed by atoms with van der Waals surface area (Å²) in [5.74, 6) is -0.311. The highest BCUT2D eigenvalue weighted by Gasteiger charge is 2.02. The Kier molecular flexibility index (Phi) is 3.82. The molecule has 13 heavy (non-hydrogen) atoms. The van der Waals surface area contributed by atoms with E-state index >= 15 is 0 Å². The molecule has 0 aliphatic rings. The summed E-state index contributed by atoms with van der Waals surface area (Å²) in [6, 6.07) is 4.75. The van der Waals surface area contributed by atoms with Crippen LogP contribution in [0.5, 0.6) is 0 Å². The highest BCUT2D eigenvalue weighted by atomic mass is 19.1. The van der Waals surface area contributed by atoms with E-state index in [4.69, 9.17) is 9.94 Å². The fourth-order valence-corrected chi connectivity index (χ4v) is 1.06. The Morgan fingerprint density at radius 3 is 2.85 bits per heavy atom. The third kappa shape index (κ3) is 2.77. The molecule has 0 bridgehead atoms. The monoisotopic (exact) mass is 185 g/mol. The zero-order valence-corrected chi connectivity index (χ0v) is 7.38. The van der Waals surface area contributed by atoms with Crippen LogP contribution in [0.1, 0.15) is 11.1 Å². The van der Waals surface area contributed by atoms with Crippen LogP contribution in [0.3, 0.4) is 0 Å². The lowest BCUT2D eigenvalue weighted by Gasteiger charge is -2.04. The molecule has 2 N–H and O–H groups in total. The average molecular weight is 185 g/mol. The Bertz CT molecular complexity index is 278. The minimum atomic E-state index is -0.311. The molecule has 0 aromatic heterocycles. The summed E-state index contributed by atoms with van der Waals surface area (Å²) < 4.78 is 18.0. The van der Waals surface area contributed by atoms with Crippen LogP contribution in [0.2, 0.25) is 0 Å². The van der Waals surface area contributed by atoms with Crippen LogP contribution in [0, 0.1) is 5.82 Å². The minimum absolute atomic E-state index is 0.240. The fraction of sp³-hybridized carbons (Fsp3) is 0.333. The van der Waals surface area contributed by atoms with E-state index in [1.165, 1.54) is 13.2 Å². The zero-order chi connectivity index (χ0) is 9.68. The molecule has 0 amide bonds. The molecule has 0 saturated heterocycles. The van der Waals surface area contributed by atoms with E-state index in [1.54, 1.807) is 12.1 Å². The van der Waals surface area contributed by atoms with Gasteiger partial charge < -0.3 is 9.94 Å². The van der Waals surface area contributed by atoms with Gasteiger partial charge in [-0.05, 0) is 11.6 Å². The van der Waals surface area contributed by atoms with Crippen LogP contribution in [-0.2, 0) is 17.9 Å². The van der Waals surface area contributed by atoms with Crippen molar-refractivity contribution >= 4 is 0 Å². The van der Waals surface area contributed by atoms with Gasteiger partial charge in [0, 0.05) is 19.2 Å². The van der Waals surface area contributed by atoms with Gasteiger partial charge in [-0.15, -0.1) is 0 Å². The summed E-state index contributed by atoms with van der Waals surface area (Å²) in [5.41, 5.74) is 3.18. The summed E-state index contributed by atoms with van der Waals surface area (Å²) in [6.45, 7) is 0.503. The van der Waals surface area contributed by atoms with Gasteiger partial charge in [0.25, 0.3) is 0 Å². The molecule has 0 saturated carbocycles. The summed E-state index contributed by atoms with van der Waals surface area (Å²) >= 11 is 0. The molecule has 1 rings (SSSR count). The van der Waals surface area contributed by atoms with E-state index in [9.17, 15) is 4.39 Å². The standard InChI is InChI=1S/C9H12FNO2/c1-13-6-8-3-2-7(5-11-12)4-9(8)10/h2-4,11-12H,5-6H2,1H3. The summed E-state index contributed by atoms with van der Waals surface area (Å²) in [5, 5.41) is 8.39. The molecule has 1 aromatic rings. The molecule has 1 aromatic carbocycles. The quantitative estimate of drug-likeness (QED) is 0.697. The van der Waals surface area contributed by atoms with Crippen LogP contribution >= 0.6 is 0 Å². The van der Waals surface area contributed by atoms with Crippen LogP contribution in [0.4, 0.5) is 4.39 Å². The summed E-state index contributed by atoms with van der Waals surface area (Å²) in [7, 11) is 1.52. The van der Waals surface area contributed by atoms with Crippen molar-refractivity contribution in [2.24, 2.45) is 0 Å². The van der Waals surface area contributed by atoms with Crippen molar-refractivity contribution in [2.45, 2.75) is 13.2 Å². The van der Waals surface area contributed by atoms with Gasteiger partial charge in [0.05, 0.1) is 6.61 Å². The van der Waals surface area contributed by atoms with E-state index < -0.39 is 0 Å². The Morgan fingerprint density at radius 2 is 2.31 bits per heavy atom. The van der Waals surface area contributed by atoms with Crippen molar-refractivity contribution < 1.29 is 14.3 Å². The molecular formula is C9H12FNO2. The van der Waals surface area contributed by atoms with E-state index in [0.717, 1.165) is 0 Å². The lowest BCUT2D eigenvalue weighted by Crippen LogP contribution is -2.06. The normalized spacial score (nSPS) is 10.4. The number of methoxy groups -OCH3 is 1. The third-order valence-corrected chi connectivity index (χ3v) is 1.70. The number of benzene rings is 1. The minimum Gasteiger partial charge on any atom is -0.380 e. The van der Waals surface area contributed by atoms with Gasteiger partial charge in [-0.1, -0.05) is 12.1 Å². The number of ether oxygens (including phenoxy) is 1. The maximum absolute atomic E-state index is 13.2. The van der Waals surface area contributed by atoms with Crippen molar-refractivity contribution in [1.82, 2.24) is 5.48 Å². The van der Waals surface area contributed by atoms with Gasteiger partial charge in [0.1, 0.15) is 5.82 Å². The predicted octanol–water partition coefficient (Wildman–Crippen LogP) is 1.45. The van der Waals surface area contributed by atoms with Gasteiger partial charge in [0.2, 0.25) is 0 Å². The second kappa shape index (κ2) is 4.91. The van der Waals surface area contributed by atoms with Crippen molar-refractivity contribution in [1.29, 1.82) is 0 Å². The Hall–Kier alpha value is -0.970. The van der Waals surface area contributed by atoms with Crippen molar-refractivity contribution in [2.75, 3.05) is 7.11 Å². The maximum Gasteiger partial charge on any atom is 0.129 e. The van der Waals surface area contributed by atoms with Crippen LogP contribution in [0.25, 0.3) is 0 Å². The topological polar surface area (TPSA) is 41.5 Å². The maximum atomic E-state index is 13.2. The number of nitrogens with one attached hydrogen (secondary N) is 1. The molecule has 0 unspecified atom stereocenters. The van der Waals surface area contributed by atoms with Crippen molar-refractivity contribution in [3.05, 3.63) is 35.1 Å². The molecule has 72 valence electrons. The summed E-state index contributed by atoms with van der Waals surface area (Å²) in [4.78, 5) is 0. The molecule has 0 aliphatic heterocycles. The Balaban J connectivity index is 2.79. The first-order valence-electron chi connectivity index (χ1n) is 3.91. The number of hydrogen-bond acceptors (Lipinski definition) is 3. The Morgan fingerprint density at radius 1 is 1.54 bits per heavy atom.